The van der Waals surface area contributed by atoms with Gasteiger partial charge in [0.05, 0.1) is 5.69 Å². The lowest BCUT2D eigenvalue weighted by Gasteiger charge is -2.11. The van der Waals surface area contributed by atoms with Gasteiger partial charge in [-0.2, -0.15) is 5.10 Å². The van der Waals surface area contributed by atoms with E-state index in [0.29, 0.717) is 0 Å². The molecule has 1 aromatic carbocycles. The highest BCUT2D eigenvalue weighted by molar-refractivity contribution is 6.03. The van der Waals surface area contributed by atoms with Crippen molar-refractivity contribution in [1.29, 1.82) is 0 Å². The summed E-state index contributed by atoms with van der Waals surface area (Å²) < 4.78 is 27.7. The van der Waals surface area contributed by atoms with Crippen molar-refractivity contribution in [2.45, 2.75) is 0 Å². The van der Waals surface area contributed by atoms with E-state index in [2.05, 4.69) is 15.4 Å². The first-order chi connectivity index (χ1) is 11.9. The second kappa shape index (κ2) is 7.31. The van der Waals surface area contributed by atoms with E-state index in [1.165, 1.54) is 6.07 Å². The number of aliphatic carboxylic acids is 1. The number of hydrogen-bond donors (Lipinski definition) is 3. The first kappa shape index (κ1) is 19.1. The van der Waals surface area contributed by atoms with Crippen molar-refractivity contribution in [1.82, 2.24) is 19.9 Å². The van der Waals surface area contributed by atoms with Crippen LogP contribution in [-0.2, 0) is 4.79 Å². The molecular formula is C15H11ClF2N4O4. The van der Waals surface area contributed by atoms with Crippen LogP contribution >= 0.6 is 12.4 Å². The molecular weight excluding hydrogens is 374 g/mol. The lowest BCUT2D eigenvalue weighted by atomic mass is 10.1. The number of rotatable bonds is 4. The number of halogens is 3. The van der Waals surface area contributed by atoms with Crippen LogP contribution in [0.25, 0.3) is 16.9 Å². The van der Waals surface area contributed by atoms with E-state index in [-0.39, 0.29) is 34.9 Å². The average molecular weight is 385 g/mol. The summed E-state index contributed by atoms with van der Waals surface area (Å²) in [6, 6.07) is 4.23. The maximum atomic E-state index is 13.5. The van der Waals surface area contributed by atoms with Crippen molar-refractivity contribution in [3.63, 3.8) is 0 Å². The van der Waals surface area contributed by atoms with Gasteiger partial charge in [0.15, 0.2) is 17.3 Å². The van der Waals surface area contributed by atoms with Crippen LogP contribution in [0, 0.1) is 11.6 Å². The molecule has 1 amide bonds. The Morgan fingerprint density at radius 2 is 1.92 bits per heavy atom. The number of carboxylic acid groups (broad SMARTS) is 1. The lowest BCUT2D eigenvalue weighted by Crippen LogP contribution is -2.29. The molecule has 11 heteroatoms. The number of amides is 1. The molecule has 3 aromatic rings. The maximum Gasteiger partial charge on any atom is 0.322 e. The highest BCUT2D eigenvalue weighted by Crippen LogP contribution is 2.29. The molecule has 0 unspecified atom stereocenters. The third kappa shape index (κ3) is 3.40. The minimum atomic E-state index is -1.26. The van der Waals surface area contributed by atoms with Crippen LogP contribution in [0.5, 0.6) is 5.75 Å². The fourth-order valence-electron chi connectivity index (χ4n) is 2.29. The molecule has 0 aliphatic carbocycles. The van der Waals surface area contributed by atoms with Gasteiger partial charge in [0, 0.05) is 11.6 Å². The highest BCUT2D eigenvalue weighted by Gasteiger charge is 2.21. The third-order valence-electron chi connectivity index (χ3n) is 3.37. The number of hydrogen-bond acceptors (Lipinski definition) is 5. The van der Waals surface area contributed by atoms with E-state index in [4.69, 9.17) is 5.11 Å². The van der Waals surface area contributed by atoms with Gasteiger partial charge in [0.25, 0.3) is 5.91 Å². The monoisotopic (exact) mass is 384 g/mol. The van der Waals surface area contributed by atoms with Crippen LogP contribution in [0.15, 0.2) is 30.6 Å². The Hall–Kier alpha value is -3.27. The van der Waals surface area contributed by atoms with Gasteiger partial charge in [0.2, 0.25) is 0 Å². The predicted molar refractivity (Wildman–Crippen MR) is 87.2 cm³/mol. The lowest BCUT2D eigenvalue weighted by molar-refractivity contribution is -0.135. The average Bonchev–Trinajstić information content (AvgIpc) is 3.03. The van der Waals surface area contributed by atoms with Crippen molar-refractivity contribution >= 4 is 29.9 Å². The second-order valence-electron chi connectivity index (χ2n) is 4.99. The largest absolute Gasteiger partial charge is 0.507 e. The summed E-state index contributed by atoms with van der Waals surface area (Å²) in [5.74, 6) is -4.76. The Morgan fingerprint density at radius 1 is 1.19 bits per heavy atom. The van der Waals surface area contributed by atoms with Gasteiger partial charge in [-0.25, -0.2) is 18.3 Å². The molecule has 8 nitrogen and oxygen atoms in total. The molecule has 0 fully saturated rings. The van der Waals surface area contributed by atoms with Crippen LogP contribution in [0.1, 0.15) is 10.4 Å². The summed E-state index contributed by atoms with van der Waals surface area (Å²) in [5, 5.41) is 24.8. The predicted octanol–water partition coefficient (Wildman–Crippen LogP) is 1.62. The molecule has 0 aliphatic heterocycles. The van der Waals surface area contributed by atoms with Crippen LogP contribution in [-0.4, -0.2) is 43.2 Å². The van der Waals surface area contributed by atoms with E-state index >= 15 is 0 Å². The zero-order valence-electron chi connectivity index (χ0n) is 12.8. The molecule has 0 saturated heterocycles. The smallest absolute Gasteiger partial charge is 0.322 e. The maximum absolute atomic E-state index is 13.5. The summed E-state index contributed by atoms with van der Waals surface area (Å²) in [7, 11) is 0. The van der Waals surface area contributed by atoms with Crippen molar-refractivity contribution in [2.75, 3.05) is 6.54 Å². The standard InChI is InChI=1S/C15H10F2N4O4.ClH/c16-8-2-1-7(3-9(8)17)10-4-11(22)13(14-19-6-20-21(10)14)15(25)18-5-12(23)24;/h1-4,6,22H,5H2,(H,18,25)(H,23,24);1H. The van der Waals surface area contributed by atoms with Crippen molar-refractivity contribution < 1.29 is 28.6 Å². The fraction of sp³-hybridized carbons (Fsp3) is 0.0667. The third-order valence-corrected chi connectivity index (χ3v) is 3.37. The summed E-state index contributed by atoms with van der Waals surface area (Å²) in [6.07, 6.45) is 1.10. The number of carbonyl (C=O) groups excluding carboxylic acids is 1. The zero-order chi connectivity index (χ0) is 18.1. The molecule has 2 aromatic heterocycles. The first-order valence-corrected chi connectivity index (χ1v) is 6.89. The quantitative estimate of drug-likeness (QED) is 0.629. The Balaban J connectivity index is 0.00000243. The van der Waals surface area contributed by atoms with Gasteiger partial charge in [-0.05, 0) is 18.2 Å². The molecule has 0 saturated carbocycles. The number of nitrogens with one attached hydrogen (secondary N) is 1. The van der Waals surface area contributed by atoms with E-state index < -0.39 is 35.8 Å². The van der Waals surface area contributed by atoms with Crippen molar-refractivity contribution in [3.8, 4) is 17.0 Å². The molecule has 0 bridgehead atoms. The van der Waals surface area contributed by atoms with Crippen LogP contribution in [0.2, 0.25) is 0 Å². The van der Waals surface area contributed by atoms with Gasteiger partial charge in [-0.15, -0.1) is 12.4 Å². The molecule has 136 valence electrons. The van der Waals surface area contributed by atoms with Crippen molar-refractivity contribution in [2.24, 2.45) is 0 Å². The Kier molecular flexibility index (Phi) is 5.36. The number of aromatic hydroxyl groups is 1. The first-order valence-electron chi connectivity index (χ1n) is 6.89. The number of carboxylic acids is 1. The number of nitrogens with zero attached hydrogens (tertiary/aromatic N) is 3. The van der Waals surface area contributed by atoms with Gasteiger partial charge in [-0.1, -0.05) is 0 Å². The van der Waals surface area contributed by atoms with Gasteiger partial charge >= 0.3 is 5.97 Å². The second-order valence-corrected chi connectivity index (χ2v) is 4.99. The Labute approximate surface area is 150 Å². The highest BCUT2D eigenvalue weighted by atomic mass is 35.5. The summed E-state index contributed by atoms with van der Waals surface area (Å²) in [6.45, 7) is -0.649. The van der Waals surface area contributed by atoms with Crippen LogP contribution in [0.4, 0.5) is 8.78 Å². The summed E-state index contributed by atoms with van der Waals surface area (Å²) >= 11 is 0. The van der Waals surface area contributed by atoms with E-state index in [9.17, 15) is 23.5 Å². The SMILES string of the molecule is Cl.O=C(O)CNC(=O)c1c(O)cc(-c2ccc(F)c(F)c2)n2ncnc12. The zero-order valence-corrected chi connectivity index (χ0v) is 13.6. The molecule has 3 N–H and O–H groups in total. The normalized spacial score (nSPS) is 10.4. The van der Waals surface area contributed by atoms with Crippen LogP contribution < -0.4 is 5.32 Å². The number of pyridine rings is 1. The van der Waals surface area contributed by atoms with E-state index in [0.717, 1.165) is 29.0 Å². The van der Waals surface area contributed by atoms with Crippen molar-refractivity contribution in [3.05, 3.63) is 47.8 Å². The topological polar surface area (TPSA) is 117 Å². The summed E-state index contributed by atoms with van der Waals surface area (Å²) in [5.41, 5.74) is 0.00795. The molecule has 0 radical (unpaired) electrons. The molecule has 3 rings (SSSR count). The van der Waals surface area contributed by atoms with E-state index in [1.807, 2.05) is 0 Å². The van der Waals surface area contributed by atoms with Crippen LogP contribution in [0.3, 0.4) is 0 Å². The number of fused-ring (bicyclic) bond motifs is 1. The molecule has 0 atom stereocenters. The van der Waals surface area contributed by atoms with Gasteiger partial charge in [0.1, 0.15) is 24.2 Å². The summed E-state index contributed by atoms with van der Waals surface area (Å²) in [4.78, 5) is 26.5. The number of benzene rings is 1. The number of aromatic nitrogens is 3. The molecule has 26 heavy (non-hydrogen) atoms. The van der Waals surface area contributed by atoms with E-state index in [1.54, 1.807) is 0 Å². The van der Waals surface area contributed by atoms with Gasteiger partial charge in [-0.3, -0.25) is 9.59 Å². The molecule has 2 heterocycles. The minimum absolute atomic E-state index is 0. The molecule has 0 aliphatic rings. The molecule has 0 spiro atoms. The minimum Gasteiger partial charge on any atom is -0.507 e. The fourth-order valence-corrected chi connectivity index (χ4v) is 2.29. The number of carbonyl (C=O) groups is 2. The Bertz CT molecular complexity index is 1010. The Morgan fingerprint density at radius 3 is 2.58 bits per heavy atom. The van der Waals surface area contributed by atoms with Gasteiger partial charge < -0.3 is 15.5 Å².